The summed E-state index contributed by atoms with van der Waals surface area (Å²) in [5.74, 6) is -3.11. The topological polar surface area (TPSA) is 88.5 Å². The minimum atomic E-state index is -0.836. The molecule has 0 saturated carbocycles. The van der Waals surface area contributed by atoms with Gasteiger partial charge < -0.3 is 5.32 Å². The first-order chi connectivity index (χ1) is 20.4. The molecule has 3 heterocycles. The van der Waals surface area contributed by atoms with E-state index in [0.29, 0.717) is 20.6 Å². The van der Waals surface area contributed by atoms with Crippen LogP contribution in [0.3, 0.4) is 0 Å². The minimum absolute atomic E-state index is 0.0985. The van der Waals surface area contributed by atoms with Crippen molar-refractivity contribution in [3.63, 3.8) is 0 Å². The first-order valence-electron chi connectivity index (χ1n) is 13.6. The molecule has 0 bridgehead atoms. The third-order valence-electron chi connectivity index (χ3n) is 7.70. The maximum atomic E-state index is 14.0. The highest BCUT2D eigenvalue weighted by molar-refractivity contribution is 8.00. The van der Waals surface area contributed by atoms with Gasteiger partial charge in [-0.25, -0.2) is 9.29 Å². The summed E-state index contributed by atoms with van der Waals surface area (Å²) in [5.41, 5.74) is 2.62. The van der Waals surface area contributed by atoms with Crippen molar-refractivity contribution < 1.29 is 18.8 Å². The first kappa shape index (κ1) is 29.3. The van der Waals surface area contributed by atoms with Gasteiger partial charge in [-0.2, -0.15) is 0 Å². The number of aromatic nitrogens is 1. The highest BCUT2D eigenvalue weighted by Crippen LogP contribution is 2.54. The number of fused-ring (bicyclic) bond motifs is 2. The second-order valence-corrected chi connectivity index (χ2v) is 14.1. The molecule has 1 N–H and O–H groups in total. The Bertz CT molecular complexity index is 1790. The van der Waals surface area contributed by atoms with Crippen molar-refractivity contribution in [1.82, 2.24) is 4.57 Å². The molecule has 3 atom stereocenters. The van der Waals surface area contributed by atoms with Crippen molar-refractivity contribution in [1.29, 1.82) is 0 Å². The molecule has 4 aromatic rings. The van der Waals surface area contributed by atoms with Gasteiger partial charge in [-0.15, -0.1) is 0 Å². The van der Waals surface area contributed by atoms with Crippen LogP contribution in [0.25, 0.3) is 0 Å². The van der Waals surface area contributed by atoms with E-state index in [1.54, 1.807) is 24.3 Å². The highest BCUT2D eigenvalue weighted by Gasteiger charge is 2.56. The van der Waals surface area contributed by atoms with Gasteiger partial charge in [0.1, 0.15) is 17.6 Å². The van der Waals surface area contributed by atoms with E-state index in [1.807, 2.05) is 24.3 Å². The Labute approximate surface area is 260 Å². The molecule has 0 aliphatic carbocycles. The summed E-state index contributed by atoms with van der Waals surface area (Å²) in [7, 11) is 0. The van der Waals surface area contributed by atoms with Gasteiger partial charge in [0.15, 0.2) is 0 Å². The summed E-state index contributed by atoms with van der Waals surface area (Å²) in [6, 6.07) is 19.8. The molecule has 0 spiro atoms. The zero-order chi connectivity index (χ0) is 30.6. The van der Waals surface area contributed by atoms with E-state index in [2.05, 4.69) is 26.1 Å². The van der Waals surface area contributed by atoms with Crippen LogP contribution in [0.4, 0.5) is 15.8 Å². The molecular weight excluding hydrogens is 609 g/mol. The van der Waals surface area contributed by atoms with Crippen molar-refractivity contribution >= 4 is 63.8 Å². The maximum absolute atomic E-state index is 14.0. The van der Waals surface area contributed by atoms with Gasteiger partial charge in [-0.3, -0.25) is 23.7 Å². The highest BCUT2D eigenvalue weighted by atomic mass is 35.5. The van der Waals surface area contributed by atoms with Crippen LogP contribution in [0.2, 0.25) is 5.02 Å². The maximum Gasteiger partial charge on any atom is 0.308 e. The third kappa shape index (κ3) is 5.43. The number of amides is 3. The Kier molecular flexibility index (Phi) is 7.56. The molecule has 11 heteroatoms. The van der Waals surface area contributed by atoms with Crippen LogP contribution in [-0.4, -0.2) is 27.5 Å². The summed E-state index contributed by atoms with van der Waals surface area (Å²) in [5, 5.41) is 2.96. The normalized spacial score (nSPS) is 19.7. The summed E-state index contributed by atoms with van der Waals surface area (Å²) >= 11 is 8.07. The number of hydrogen-bond donors (Lipinski definition) is 1. The molecule has 2 aliphatic rings. The lowest BCUT2D eigenvalue weighted by atomic mass is 9.81. The van der Waals surface area contributed by atoms with E-state index >= 15 is 0 Å². The van der Waals surface area contributed by atoms with Gasteiger partial charge in [0.05, 0.1) is 16.6 Å². The predicted molar refractivity (Wildman–Crippen MR) is 168 cm³/mol. The lowest BCUT2D eigenvalue weighted by Gasteiger charge is -2.31. The molecule has 43 heavy (non-hydrogen) atoms. The molecule has 220 valence electrons. The second kappa shape index (κ2) is 11.1. The Morgan fingerprint density at radius 2 is 1.58 bits per heavy atom. The molecular formula is C32H27ClFN3O4S2. The molecule has 1 fully saturated rings. The average molecular weight is 636 g/mol. The first-order valence-corrected chi connectivity index (χ1v) is 15.7. The number of benzene rings is 3. The Morgan fingerprint density at radius 1 is 0.930 bits per heavy atom. The standard InChI is InChI=1S/C32H27ClFN3O4S2/c1-32(2,3)18-6-4-17(5-7-18)24-25-26(29(40)37(28(25)39)22-14-10-20(34)11-15-22)42-30-27(24)43-31(41)36(30)16-23(38)35-21-12-8-19(33)9-13-21/h4-15,24-26H,16H2,1-3H3,(H,35,38)/t24-,25-,26+/m0/s1. The molecule has 3 amide bonds. The van der Waals surface area contributed by atoms with Gasteiger partial charge >= 0.3 is 4.87 Å². The lowest BCUT2D eigenvalue weighted by molar-refractivity contribution is -0.122. The largest absolute Gasteiger partial charge is 0.325 e. The molecule has 7 nitrogen and oxygen atoms in total. The zero-order valence-corrected chi connectivity index (χ0v) is 25.9. The number of carbonyl (C=O) groups is 3. The predicted octanol–water partition coefficient (Wildman–Crippen LogP) is 6.43. The fourth-order valence-electron chi connectivity index (χ4n) is 5.53. The number of thioether (sulfide) groups is 1. The van der Waals surface area contributed by atoms with Gasteiger partial charge in [-0.1, -0.05) is 79.7 Å². The quantitative estimate of drug-likeness (QED) is 0.255. The molecule has 0 radical (unpaired) electrons. The number of hydrogen-bond acceptors (Lipinski definition) is 6. The van der Waals surface area contributed by atoms with Crippen LogP contribution in [0, 0.1) is 11.7 Å². The summed E-state index contributed by atoms with van der Waals surface area (Å²) < 4.78 is 15.1. The fourth-order valence-corrected chi connectivity index (χ4v) is 8.43. The second-order valence-electron chi connectivity index (χ2n) is 11.6. The van der Waals surface area contributed by atoms with E-state index in [0.717, 1.165) is 39.1 Å². The van der Waals surface area contributed by atoms with Gasteiger partial charge in [-0.05, 0) is 65.1 Å². The van der Waals surface area contributed by atoms with E-state index in [1.165, 1.54) is 28.8 Å². The van der Waals surface area contributed by atoms with Crippen LogP contribution in [0.15, 0.2) is 82.6 Å². The number of anilines is 2. The van der Waals surface area contributed by atoms with E-state index in [4.69, 9.17) is 11.6 Å². The Morgan fingerprint density at radius 3 is 2.21 bits per heavy atom. The van der Waals surface area contributed by atoms with Gasteiger partial charge in [0, 0.05) is 21.5 Å². The fraction of sp³-hybridized carbons (Fsp3) is 0.250. The van der Waals surface area contributed by atoms with E-state index < -0.39 is 40.6 Å². The van der Waals surface area contributed by atoms with Crippen LogP contribution in [-0.2, 0) is 26.3 Å². The number of carbonyl (C=O) groups excluding carboxylic acids is 3. The number of rotatable bonds is 5. The molecule has 3 aromatic carbocycles. The molecule has 1 saturated heterocycles. The minimum Gasteiger partial charge on any atom is -0.325 e. The SMILES string of the molecule is CC(C)(C)c1ccc([C@@H]2c3sc(=O)n(CC(=O)Nc4ccc(Cl)cc4)c3S[C@H]3C(=O)N(c4ccc(F)cc4)C(=O)[C@@H]23)cc1. The van der Waals surface area contributed by atoms with Crippen LogP contribution < -0.4 is 15.1 Å². The van der Waals surface area contributed by atoms with E-state index in [-0.39, 0.29) is 22.5 Å². The van der Waals surface area contributed by atoms with Gasteiger partial charge in [0.25, 0.3) is 0 Å². The summed E-state index contributed by atoms with van der Waals surface area (Å²) in [4.78, 5) is 55.6. The van der Waals surface area contributed by atoms with Crippen LogP contribution in [0.1, 0.15) is 42.7 Å². The third-order valence-corrected chi connectivity index (χ3v) is 10.6. The smallest absolute Gasteiger partial charge is 0.308 e. The molecule has 6 rings (SSSR count). The number of thiazole rings is 1. The average Bonchev–Trinajstić information content (AvgIpc) is 3.40. The van der Waals surface area contributed by atoms with Crippen molar-refractivity contribution in [2.24, 2.45) is 5.92 Å². The van der Waals surface area contributed by atoms with Gasteiger partial charge in [0.2, 0.25) is 17.7 Å². The zero-order valence-electron chi connectivity index (χ0n) is 23.5. The molecule has 2 aliphatic heterocycles. The monoisotopic (exact) mass is 635 g/mol. The Hall–Kier alpha value is -3.73. The van der Waals surface area contributed by atoms with Crippen LogP contribution in [0.5, 0.6) is 0 Å². The number of imide groups is 1. The van der Waals surface area contributed by atoms with Crippen molar-refractivity contribution in [3.05, 3.63) is 109 Å². The number of halogens is 2. The molecule has 1 aromatic heterocycles. The van der Waals surface area contributed by atoms with Crippen molar-refractivity contribution in [2.45, 2.75) is 48.9 Å². The number of nitrogens with one attached hydrogen (secondary N) is 1. The van der Waals surface area contributed by atoms with E-state index in [9.17, 15) is 23.6 Å². The van der Waals surface area contributed by atoms with Crippen molar-refractivity contribution in [3.8, 4) is 0 Å². The number of nitrogens with zero attached hydrogens (tertiary/aromatic N) is 2. The van der Waals surface area contributed by atoms with Crippen molar-refractivity contribution in [2.75, 3.05) is 10.2 Å². The van der Waals surface area contributed by atoms with Crippen LogP contribution >= 0.6 is 34.7 Å². The Balaban J connectivity index is 1.41. The summed E-state index contributed by atoms with van der Waals surface area (Å²) in [6.45, 7) is 6.05. The lowest BCUT2D eigenvalue weighted by Crippen LogP contribution is -2.33. The molecule has 0 unspecified atom stereocenters. The summed E-state index contributed by atoms with van der Waals surface area (Å²) in [6.07, 6.45) is 0.